The number of aromatic nitrogens is 1. The zero-order valence-electron chi connectivity index (χ0n) is 8.11. The number of ether oxygens (including phenoxy) is 1. The fourth-order valence-electron chi connectivity index (χ4n) is 0.940. The quantitative estimate of drug-likeness (QED) is 0.726. The first-order valence-corrected chi connectivity index (χ1v) is 4.39. The van der Waals surface area contributed by atoms with E-state index in [1.165, 1.54) is 18.5 Å². The van der Waals surface area contributed by atoms with E-state index >= 15 is 0 Å². The van der Waals surface area contributed by atoms with Gasteiger partial charge in [0.05, 0.1) is 19.2 Å². The monoisotopic (exact) mass is 235 g/mol. The van der Waals surface area contributed by atoms with Gasteiger partial charge < -0.3 is 14.8 Å². The number of rotatable bonds is 4. The summed E-state index contributed by atoms with van der Waals surface area (Å²) in [6.07, 6.45) is -2.97. The highest BCUT2D eigenvalue weighted by Gasteiger charge is 2.26. The molecule has 0 atom stereocenters. The molecule has 1 aromatic heterocycles. The highest BCUT2D eigenvalue weighted by Crippen LogP contribution is 2.19. The number of halogens is 3. The van der Waals surface area contributed by atoms with Crippen LogP contribution in [-0.4, -0.2) is 34.9 Å². The van der Waals surface area contributed by atoms with Crippen LogP contribution in [0.25, 0.3) is 0 Å². The summed E-state index contributed by atoms with van der Waals surface area (Å²) in [5, 5.41) is 17.6. The Balaban J connectivity index is 2.51. The number of nitrogens with zero attached hydrogens (tertiary/aromatic N) is 1. The first-order valence-electron chi connectivity index (χ1n) is 4.39. The first-order chi connectivity index (χ1) is 7.38. The molecule has 1 aromatic rings. The summed E-state index contributed by atoms with van der Waals surface area (Å²) in [5.41, 5.74) is 0.0597. The van der Waals surface area contributed by atoms with Crippen LogP contribution in [0.2, 0.25) is 0 Å². The van der Waals surface area contributed by atoms with Gasteiger partial charge in [-0.05, 0) is 6.07 Å². The summed E-state index contributed by atoms with van der Waals surface area (Å²) in [5.74, 6) is 0.0647. The van der Waals surface area contributed by atoms with E-state index < -0.39 is 26.3 Å². The van der Waals surface area contributed by atoms with Crippen LogP contribution < -0.4 is 10.2 Å². The fourth-order valence-corrected chi connectivity index (χ4v) is 0.940. The van der Waals surface area contributed by atoms with Crippen LogP contribution in [0.5, 0.6) is 5.75 Å². The largest absolute Gasteiger partial charge is 0.492 e. The molecule has 0 aliphatic heterocycles. The standard InChI is InChI=1S/C8H9BF3NO3/c10-8(11,12)1-2-16-7-3-6(9(14)15)4-13-5-7/h3-5,14-15H,1-2H2. The van der Waals surface area contributed by atoms with Gasteiger partial charge in [-0.2, -0.15) is 13.2 Å². The Morgan fingerprint density at radius 2 is 2.00 bits per heavy atom. The van der Waals surface area contributed by atoms with Crippen molar-refractivity contribution in [2.75, 3.05) is 6.61 Å². The Kier molecular flexibility index (Phi) is 4.14. The average Bonchev–Trinajstić information content (AvgIpc) is 2.16. The Morgan fingerprint density at radius 3 is 2.56 bits per heavy atom. The predicted octanol–water partition coefficient (Wildman–Crippen LogP) is 0.0926. The van der Waals surface area contributed by atoms with Crippen molar-refractivity contribution in [3.63, 3.8) is 0 Å². The van der Waals surface area contributed by atoms with E-state index in [9.17, 15) is 13.2 Å². The van der Waals surface area contributed by atoms with E-state index in [-0.39, 0.29) is 11.2 Å². The predicted molar refractivity (Wildman–Crippen MR) is 50.2 cm³/mol. The molecule has 2 N–H and O–H groups in total. The van der Waals surface area contributed by atoms with Gasteiger partial charge in [0.15, 0.2) is 0 Å². The zero-order chi connectivity index (χ0) is 12.2. The van der Waals surface area contributed by atoms with Crippen LogP contribution >= 0.6 is 0 Å². The molecule has 0 aromatic carbocycles. The molecular formula is C8H9BF3NO3. The second-order valence-corrected chi connectivity index (χ2v) is 3.04. The van der Waals surface area contributed by atoms with E-state index in [1.54, 1.807) is 0 Å². The van der Waals surface area contributed by atoms with Gasteiger partial charge in [-0.3, -0.25) is 4.98 Å². The molecular weight excluding hydrogens is 226 g/mol. The minimum atomic E-state index is -4.28. The molecule has 0 saturated carbocycles. The molecule has 4 nitrogen and oxygen atoms in total. The summed E-state index contributed by atoms with van der Waals surface area (Å²) in [6.45, 7) is -0.532. The Morgan fingerprint density at radius 1 is 1.31 bits per heavy atom. The molecule has 88 valence electrons. The minimum absolute atomic E-state index is 0.0597. The SMILES string of the molecule is OB(O)c1cncc(OCCC(F)(F)F)c1. The van der Waals surface area contributed by atoms with Gasteiger partial charge in [0.25, 0.3) is 0 Å². The second-order valence-electron chi connectivity index (χ2n) is 3.04. The lowest BCUT2D eigenvalue weighted by Crippen LogP contribution is -2.30. The van der Waals surface area contributed by atoms with Crippen molar-refractivity contribution in [3.8, 4) is 5.75 Å². The molecule has 1 heterocycles. The summed E-state index contributed by atoms with van der Waals surface area (Å²) in [6, 6.07) is 1.22. The highest BCUT2D eigenvalue weighted by molar-refractivity contribution is 6.58. The Bertz CT molecular complexity index is 346. The molecule has 0 aliphatic carbocycles. The normalized spacial score (nSPS) is 11.3. The molecule has 0 bridgehead atoms. The maximum Gasteiger partial charge on any atom is 0.490 e. The van der Waals surface area contributed by atoms with Crippen molar-refractivity contribution in [1.82, 2.24) is 4.98 Å². The van der Waals surface area contributed by atoms with Crippen molar-refractivity contribution in [2.24, 2.45) is 0 Å². The summed E-state index contributed by atoms with van der Waals surface area (Å²) >= 11 is 0. The molecule has 0 fully saturated rings. The Labute approximate surface area is 89.8 Å². The van der Waals surface area contributed by atoms with Crippen LogP contribution in [-0.2, 0) is 0 Å². The maximum atomic E-state index is 11.8. The van der Waals surface area contributed by atoms with E-state index in [2.05, 4.69) is 4.98 Å². The van der Waals surface area contributed by atoms with Gasteiger partial charge in [-0.15, -0.1) is 0 Å². The fraction of sp³-hybridized carbons (Fsp3) is 0.375. The topological polar surface area (TPSA) is 62.6 Å². The van der Waals surface area contributed by atoms with E-state index in [0.717, 1.165) is 0 Å². The van der Waals surface area contributed by atoms with Crippen LogP contribution in [0.3, 0.4) is 0 Å². The zero-order valence-corrected chi connectivity index (χ0v) is 8.11. The van der Waals surface area contributed by atoms with Crippen molar-refractivity contribution in [3.05, 3.63) is 18.5 Å². The third kappa shape index (κ3) is 4.50. The molecule has 0 saturated heterocycles. The highest BCUT2D eigenvalue weighted by atomic mass is 19.4. The third-order valence-corrected chi connectivity index (χ3v) is 1.69. The second kappa shape index (κ2) is 5.17. The molecule has 0 spiro atoms. The maximum absolute atomic E-state index is 11.8. The van der Waals surface area contributed by atoms with Crippen molar-refractivity contribution < 1.29 is 28.0 Å². The van der Waals surface area contributed by atoms with E-state index in [4.69, 9.17) is 14.8 Å². The van der Waals surface area contributed by atoms with Gasteiger partial charge >= 0.3 is 13.3 Å². The van der Waals surface area contributed by atoms with E-state index in [1.807, 2.05) is 0 Å². The van der Waals surface area contributed by atoms with Gasteiger partial charge in [-0.25, -0.2) is 0 Å². The summed E-state index contributed by atoms with van der Waals surface area (Å²) < 4.78 is 40.1. The number of pyridine rings is 1. The summed E-state index contributed by atoms with van der Waals surface area (Å²) in [7, 11) is -1.72. The van der Waals surface area contributed by atoms with Crippen LogP contribution in [0.15, 0.2) is 18.5 Å². The van der Waals surface area contributed by atoms with Crippen molar-refractivity contribution >= 4 is 12.6 Å². The molecule has 0 radical (unpaired) electrons. The van der Waals surface area contributed by atoms with Crippen LogP contribution in [0.1, 0.15) is 6.42 Å². The number of hydrogen-bond acceptors (Lipinski definition) is 4. The first kappa shape index (κ1) is 12.8. The van der Waals surface area contributed by atoms with E-state index in [0.29, 0.717) is 0 Å². The molecule has 0 aliphatic rings. The summed E-state index contributed by atoms with van der Waals surface area (Å²) in [4.78, 5) is 3.59. The third-order valence-electron chi connectivity index (χ3n) is 1.69. The minimum Gasteiger partial charge on any atom is -0.492 e. The van der Waals surface area contributed by atoms with Crippen LogP contribution in [0, 0.1) is 0 Å². The molecule has 1 rings (SSSR count). The van der Waals surface area contributed by atoms with Gasteiger partial charge in [0.2, 0.25) is 0 Å². The molecule has 16 heavy (non-hydrogen) atoms. The van der Waals surface area contributed by atoms with Gasteiger partial charge in [0, 0.05) is 11.7 Å². The van der Waals surface area contributed by atoms with Gasteiger partial charge in [0.1, 0.15) is 5.75 Å². The Hall–Kier alpha value is -1.28. The van der Waals surface area contributed by atoms with Gasteiger partial charge in [-0.1, -0.05) is 0 Å². The van der Waals surface area contributed by atoms with Crippen molar-refractivity contribution in [1.29, 1.82) is 0 Å². The van der Waals surface area contributed by atoms with Crippen LogP contribution in [0.4, 0.5) is 13.2 Å². The average molecular weight is 235 g/mol. The van der Waals surface area contributed by atoms with Crippen molar-refractivity contribution in [2.45, 2.75) is 12.6 Å². The number of hydrogen-bond donors (Lipinski definition) is 2. The lowest BCUT2D eigenvalue weighted by molar-refractivity contribution is -0.139. The molecule has 8 heteroatoms. The molecule has 0 unspecified atom stereocenters. The smallest absolute Gasteiger partial charge is 0.490 e. The lowest BCUT2D eigenvalue weighted by Gasteiger charge is -2.09. The number of alkyl halides is 3. The lowest BCUT2D eigenvalue weighted by atomic mass is 9.82. The molecule has 0 amide bonds.